The number of amides is 1. The summed E-state index contributed by atoms with van der Waals surface area (Å²) in [5.41, 5.74) is -0.737. The molecule has 24 heavy (non-hydrogen) atoms. The summed E-state index contributed by atoms with van der Waals surface area (Å²) in [5, 5.41) is 11.5. The number of anilines is 1. The predicted octanol–water partition coefficient (Wildman–Crippen LogP) is 3.33. The van der Waals surface area contributed by atoms with Crippen LogP contribution in [0.15, 0.2) is 12.1 Å². The van der Waals surface area contributed by atoms with E-state index in [1.165, 1.54) is 0 Å². The molecule has 0 unspecified atom stereocenters. The van der Waals surface area contributed by atoms with Gasteiger partial charge in [-0.2, -0.15) is 5.26 Å². The molecule has 0 atom stereocenters. The van der Waals surface area contributed by atoms with Gasteiger partial charge >= 0.3 is 6.09 Å². The quantitative estimate of drug-likeness (QED) is 0.899. The Bertz CT molecular complexity index is 634. The number of hydrogen-bond acceptors (Lipinski definition) is 4. The van der Waals surface area contributed by atoms with E-state index in [0.717, 1.165) is 12.1 Å². The van der Waals surface area contributed by atoms with Crippen molar-refractivity contribution >= 4 is 11.8 Å². The number of piperidine rings is 1. The standard InChI is InChI=1S/C17H21F2N3O2/c1-17(2,3)24-16(23)21-12-4-6-22(7-5-12)15-13(18)8-11(10-20)9-14(15)19/h8-9,12H,4-7H2,1-3H3,(H,21,23). The van der Waals surface area contributed by atoms with Gasteiger partial charge in [0.15, 0.2) is 11.6 Å². The van der Waals surface area contributed by atoms with E-state index in [1.807, 2.05) is 0 Å². The third-order valence-electron chi connectivity index (χ3n) is 3.68. The molecule has 0 saturated carbocycles. The molecule has 0 spiro atoms. The highest BCUT2D eigenvalue weighted by Gasteiger charge is 2.26. The molecular weight excluding hydrogens is 316 g/mol. The van der Waals surface area contributed by atoms with Gasteiger partial charge in [0, 0.05) is 19.1 Å². The summed E-state index contributed by atoms with van der Waals surface area (Å²) in [6.07, 6.45) is 0.618. The molecule has 0 aliphatic carbocycles. The normalized spacial score (nSPS) is 15.8. The lowest BCUT2D eigenvalue weighted by molar-refractivity contribution is 0.0497. The second-order valence-corrected chi connectivity index (χ2v) is 6.81. The van der Waals surface area contributed by atoms with E-state index in [1.54, 1.807) is 31.7 Å². The number of nitriles is 1. The molecule has 1 fully saturated rings. The maximum Gasteiger partial charge on any atom is 0.407 e. The van der Waals surface area contributed by atoms with Crippen molar-refractivity contribution in [3.8, 4) is 6.07 Å². The molecular formula is C17H21F2N3O2. The van der Waals surface area contributed by atoms with Crippen LogP contribution in [0.2, 0.25) is 0 Å². The van der Waals surface area contributed by atoms with E-state index < -0.39 is 23.3 Å². The lowest BCUT2D eigenvalue weighted by Crippen LogP contribution is -2.46. The number of benzene rings is 1. The molecule has 1 aromatic rings. The van der Waals surface area contributed by atoms with Crippen LogP contribution in [0.3, 0.4) is 0 Å². The summed E-state index contributed by atoms with van der Waals surface area (Å²) >= 11 is 0. The summed E-state index contributed by atoms with van der Waals surface area (Å²) in [7, 11) is 0. The molecule has 1 aliphatic rings. The molecule has 1 heterocycles. The molecule has 1 aliphatic heterocycles. The van der Waals surface area contributed by atoms with Gasteiger partial charge in [0.05, 0.1) is 11.6 Å². The zero-order valence-corrected chi connectivity index (χ0v) is 14.0. The molecule has 1 amide bonds. The molecule has 0 aromatic heterocycles. The number of ether oxygens (including phenoxy) is 1. The number of hydrogen-bond donors (Lipinski definition) is 1. The zero-order valence-electron chi connectivity index (χ0n) is 14.0. The SMILES string of the molecule is CC(C)(C)OC(=O)NC1CCN(c2c(F)cc(C#N)cc2F)CC1. The van der Waals surface area contributed by atoms with E-state index in [2.05, 4.69) is 5.32 Å². The van der Waals surface area contributed by atoms with E-state index in [0.29, 0.717) is 25.9 Å². The highest BCUT2D eigenvalue weighted by molar-refractivity contribution is 5.68. The summed E-state index contributed by atoms with van der Waals surface area (Å²) in [6, 6.07) is 3.69. The number of carbonyl (C=O) groups is 1. The van der Waals surface area contributed by atoms with Crippen molar-refractivity contribution in [2.45, 2.75) is 45.3 Å². The minimum Gasteiger partial charge on any atom is -0.444 e. The second-order valence-electron chi connectivity index (χ2n) is 6.81. The first-order valence-electron chi connectivity index (χ1n) is 7.83. The van der Waals surface area contributed by atoms with Crippen molar-refractivity contribution in [3.63, 3.8) is 0 Å². The fraction of sp³-hybridized carbons (Fsp3) is 0.529. The molecule has 130 valence electrons. The first-order chi connectivity index (χ1) is 11.2. The Hall–Kier alpha value is -2.36. The largest absolute Gasteiger partial charge is 0.444 e. The topological polar surface area (TPSA) is 65.4 Å². The van der Waals surface area contributed by atoms with Gasteiger partial charge < -0.3 is 15.0 Å². The van der Waals surface area contributed by atoms with Crippen LogP contribution >= 0.6 is 0 Å². The fourth-order valence-corrected chi connectivity index (χ4v) is 2.65. The van der Waals surface area contributed by atoms with Gasteiger partial charge in [0.2, 0.25) is 0 Å². The number of carbonyl (C=O) groups excluding carboxylic acids is 1. The number of nitrogens with one attached hydrogen (secondary N) is 1. The second kappa shape index (κ2) is 7.04. The first kappa shape index (κ1) is 18.0. The van der Waals surface area contributed by atoms with Gasteiger partial charge in [0.1, 0.15) is 11.3 Å². The van der Waals surface area contributed by atoms with Gasteiger partial charge in [-0.3, -0.25) is 0 Å². The molecule has 1 saturated heterocycles. The van der Waals surface area contributed by atoms with E-state index in [-0.39, 0.29) is 17.3 Å². The summed E-state index contributed by atoms with van der Waals surface area (Å²) < 4.78 is 33.3. The van der Waals surface area contributed by atoms with Crippen molar-refractivity contribution < 1.29 is 18.3 Å². The zero-order chi connectivity index (χ0) is 17.9. The minimum absolute atomic E-state index is 0.0461. The molecule has 0 radical (unpaired) electrons. The van der Waals surface area contributed by atoms with Crippen molar-refractivity contribution in [2.24, 2.45) is 0 Å². The summed E-state index contributed by atoms with van der Waals surface area (Å²) in [6.45, 7) is 6.16. The number of nitrogens with zero attached hydrogens (tertiary/aromatic N) is 2. The van der Waals surface area contributed by atoms with Gasteiger partial charge in [-0.15, -0.1) is 0 Å². The van der Waals surface area contributed by atoms with E-state index in [4.69, 9.17) is 10.00 Å². The third kappa shape index (κ3) is 4.57. The van der Waals surface area contributed by atoms with Gasteiger partial charge in [-0.25, -0.2) is 13.6 Å². The van der Waals surface area contributed by atoms with Crippen LogP contribution in [0.1, 0.15) is 39.2 Å². The number of rotatable bonds is 2. The van der Waals surface area contributed by atoms with Crippen LogP contribution in [0.5, 0.6) is 0 Å². The van der Waals surface area contributed by atoms with Gasteiger partial charge in [0.25, 0.3) is 0 Å². The Morgan fingerprint density at radius 3 is 2.29 bits per heavy atom. The number of halogens is 2. The van der Waals surface area contributed by atoms with E-state index in [9.17, 15) is 13.6 Å². The van der Waals surface area contributed by atoms with Crippen LogP contribution in [-0.4, -0.2) is 30.8 Å². The van der Waals surface area contributed by atoms with E-state index >= 15 is 0 Å². The summed E-state index contributed by atoms with van der Waals surface area (Å²) in [4.78, 5) is 13.4. The van der Waals surface area contributed by atoms with Crippen LogP contribution in [0, 0.1) is 23.0 Å². The lowest BCUT2D eigenvalue weighted by Gasteiger charge is -2.34. The average molecular weight is 337 g/mol. The highest BCUT2D eigenvalue weighted by atomic mass is 19.1. The number of alkyl carbamates (subject to hydrolysis) is 1. The molecule has 2 rings (SSSR count). The average Bonchev–Trinajstić information content (AvgIpc) is 2.46. The van der Waals surface area contributed by atoms with Gasteiger partial charge in [-0.05, 0) is 45.7 Å². The smallest absolute Gasteiger partial charge is 0.407 e. The molecule has 0 bridgehead atoms. The molecule has 5 nitrogen and oxygen atoms in total. The Balaban J connectivity index is 1.96. The van der Waals surface area contributed by atoms with Crippen molar-refractivity contribution in [1.82, 2.24) is 5.32 Å². The maximum atomic E-state index is 14.1. The Morgan fingerprint density at radius 1 is 1.29 bits per heavy atom. The monoisotopic (exact) mass is 337 g/mol. The highest BCUT2D eigenvalue weighted by Crippen LogP contribution is 2.27. The van der Waals surface area contributed by atoms with Crippen LogP contribution in [-0.2, 0) is 4.74 Å². The lowest BCUT2D eigenvalue weighted by atomic mass is 10.0. The molecule has 1 N–H and O–H groups in total. The summed E-state index contributed by atoms with van der Waals surface area (Å²) in [5.74, 6) is -1.49. The van der Waals surface area contributed by atoms with Crippen LogP contribution in [0.25, 0.3) is 0 Å². The first-order valence-corrected chi connectivity index (χ1v) is 7.83. The third-order valence-corrected chi connectivity index (χ3v) is 3.68. The molecule has 1 aromatic carbocycles. The predicted molar refractivity (Wildman–Crippen MR) is 85.7 cm³/mol. The van der Waals surface area contributed by atoms with Gasteiger partial charge in [-0.1, -0.05) is 0 Å². The molecule has 7 heteroatoms. The Kier molecular flexibility index (Phi) is 5.27. The minimum atomic E-state index is -0.745. The maximum absolute atomic E-state index is 14.1. The van der Waals surface area contributed by atoms with Crippen molar-refractivity contribution in [1.29, 1.82) is 5.26 Å². The van der Waals surface area contributed by atoms with Crippen LogP contribution < -0.4 is 10.2 Å². The Labute approximate surface area is 140 Å². The van der Waals surface area contributed by atoms with Crippen LogP contribution in [0.4, 0.5) is 19.3 Å². The fourth-order valence-electron chi connectivity index (χ4n) is 2.65. The Morgan fingerprint density at radius 2 is 1.83 bits per heavy atom. The van der Waals surface area contributed by atoms with Crippen molar-refractivity contribution in [2.75, 3.05) is 18.0 Å². The van der Waals surface area contributed by atoms with Crippen molar-refractivity contribution in [3.05, 3.63) is 29.3 Å².